The molecule has 0 spiro atoms. The number of nitrogens with zero attached hydrogens (tertiary/aromatic N) is 4. The van der Waals surface area contributed by atoms with Crippen molar-refractivity contribution in [3.8, 4) is 0 Å². The van der Waals surface area contributed by atoms with Crippen molar-refractivity contribution in [2.45, 2.75) is 97.4 Å². The molecule has 2 fully saturated rings. The zero-order valence-electron chi connectivity index (χ0n) is 35.5. The molecule has 3 aromatic carbocycles. The molecule has 8 nitrogen and oxygen atoms in total. The van der Waals surface area contributed by atoms with Crippen molar-refractivity contribution in [3.05, 3.63) is 77.4 Å². The minimum absolute atomic E-state index is 0.426. The van der Waals surface area contributed by atoms with E-state index in [0.717, 1.165) is 61.1 Å². The molecular weight excluding hydrogens is 646 g/mol. The summed E-state index contributed by atoms with van der Waals surface area (Å²) in [5, 5.41) is 0. The minimum Gasteiger partial charge on any atom is -0.399 e. The standard InChI is InChI=1S/C42H67B2N4O4/c1-39(2)40(3,4)50-43(49-39)37-24-22-35(26-32(37)29-47(12,13)14)45(34-20-18-31(19-21-34)28-46(9,10)11)36-23-25-38(33(27-36)30-48(15,16)17)44-51-41(5,6)42(7,8)52-44/h18-27H,28-30H2,1-17H3/q+3. The molecule has 2 aliphatic rings. The first-order chi connectivity index (χ1) is 23.6. The lowest BCUT2D eigenvalue weighted by Crippen LogP contribution is -2.42. The summed E-state index contributed by atoms with van der Waals surface area (Å²) >= 11 is 0. The van der Waals surface area contributed by atoms with Crippen LogP contribution in [0.1, 0.15) is 72.1 Å². The van der Waals surface area contributed by atoms with Crippen LogP contribution in [-0.4, -0.2) is 114 Å². The van der Waals surface area contributed by atoms with Gasteiger partial charge in [0.15, 0.2) is 0 Å². The molecule has 0 atom stereocenters. The lowest BCUT2D eigenvalue weighted by molar-refractivity contribution is -0.884. The molecule has 0 aromatic heterocycles. The molecule has 0 unspecified atom stereocenters. The smallest absolute Gasteiger partial charge is 0.399 e. The first-order valence-corrected chi connectivity index (χ1v) is 18.8. The molecular formula is C42H67B2N4O4+3. The number of hydrogen-bond acceptors (Lipinski definition) is 5. The van der Waals surface area contributed by atoms with Crippen LogP contribution in [0.15, 0.2) is 60.7 Å². The monoisotopic (exact) mass is 714 g/mol. The van der Waals surface area contributed by atoms with Gasteiger partial charge in [0.2, 0.25) is 0 Å². The second-order valence-corrected chi connectivity index (χ2v) is 20.3. The van der Waals surface area contributed by atoms with Gasteiger partial charge < -0.3 is 37.0 Å². The largest absolute Gasteiger partial charge is 0.495 e. The molecule has 0 aliphatic carbocycles. The van der Waals surface area contributed by atoms with E-state index in [9.17, 15) is 0 Å². The summed E-state index contributed by atoms with van der Waals surface area (Å²) in [4.78, 5) is 2.39. The third kappa shape index (κ3) is 8.98. The highest BCUT2D eigenvalue weighted by molar-refractivity contribution is 6.63. The Balaban J connectivity index is 1.67. The van der Waals surface area contributed by atoms with Gasteiger partial charge in [-0.25, -0.2) is 0 Å². The van der Waals surface area contributed by atoms with E-state index in [1.165, 1.54) is 16.7 Å². The molecule has 2 saturated heterocycles. The highest BCUT2D eigenvalue weighted by atomic mass is 16.7. The third-order valence-electron chi connectivity index (χ3n) is 10.9. The van der Waals surface area contributed by atoms with Crippen molar-refractivity contribution < 1.29 is 32.1 Å². The van der Waals surface area contributed by atoms with Gasteiger partial charge in [0.25, 0.3) is 0 Å². The van der Waals surface area contributed by atoms with Crippen molar-refractivity contribution in [1.82, 2.24) is 0 Å². The molecule has 2 heterocycles. The Morgan fingerprint density at radius 3 is 1.06 bits per heavy atom. The normalized spacial score (nSPS) is 19.7. The third-order valence-corrected chi connectivity index (χ3v) is 10.9. The van der Waals surface area contributed by atoms with Gasteiger partial charge in [-0.1, -0.05) is 24.3 Å². The average molecular weight is 714 g/mol. The van der Waals surface area contributed by atoms with Crippen LogP contribution >= 0.6 is 0 Å². The van der Waals surface area contributed by atoms with E-state index in [2.05, 4.69) is 184 Å². The van der Waals surface area contributed by atoms with Crippen LogP contribution in [0.4, 0.5) is 17.1 Å². The van der Waals surface area contributed by atoms with E-state index in [1.54, 1.807) is 0 Å². The fourth-order valence-electron chi connectivity index (χ4n) is 6.90. The van der Waals surface area contributed by atoms with Crippen LogP contribution in [0.2, 0.25) is 0 Å². The second-order valence-electron chi connectivity index (χ2n) is 20.3. The van der Waals surface area contributed by atoms with Crippen LogP contribution < -0.4 is 15.8 Å². The van der Waals surface area contributed by atoms with Crippen LogP contribution in [0.3, 0.4) is 0 Å². The fourth-order valence-corrected chi connectivity index (χ4v) is 6.90. The highest BCUT2D eigenvalue weighted by Gasteiger charge is 2.53. The molecule has 0 amide bonds. The van der Waals surface area contributed by atoms with Crippen molar-refractivity contribution in [2.75, 3.05) is 68.3 Å². The van der Waals surface area contributed by atoms with E-state index < -0.39 is 36.6 Å². The van der Waals surface area contributed by atoms with E-state index in [1.807, 2.05) is 0 Å². The molecule has 10 heteroatoms. The summed E-state index contributed by atoms with van der Waals surface area (Å²) in [5.74, 6) is 0. The highest BCUT2D eigenvalue weighted by Crippen LogP contribution is 2.40. The van der Waals surface area contributed by atoms with Gasteiger partial charge in [-0.15, -0.1) is 0 Å². The molecule has 3 aromatic rings. The Bertz CT molecular complexity index is 1620. The Morgan fingerprint density at radius 1 is 0.442 bits per heavy atom. The zero-order valence-corrected chi connectivity index (χ0v) is 35.5. The van der Waals surface area contributed by atoms with Crippen LogP contribution in [0.25, 0.3) is 0 Å². The van der Waals surface area contributed by atoms with Crippen molar-refractivity contribution in [2.24, 2.45) is 0 Å². The zero-order chi connectivity index (χ0) is 38.9. The van der Waals surface area contributed by atoms with Gasteiger partial charge in [0.05, 0.1) is 85.8 Å². The van der Waals surface area contributed by atoms with E-state index in [0.29, 0.717) is 0 Å². The number of rotatable bonds is 11. The minimum atomic E-state index is -0.445. The molecule has 0 bridgehead atoms. The van der Waals surface area contributed by atoms with E-state index in [-0.39, 0.29) is 0 Å². The summed E-state index contributed by atoms with van der Waals surface area (Å²) in [6.07, 6.45) is 0. The molecule has 0 N–H and O–H groups in total. The first kappa shape index (κ1) is 40.5. The predicted octanol–water partition coefficient (Wildman–Crippen LogP) is 6.37. The lowest BCUT2D eigenvalue weighted by atomic mass is 9.75. The van der Waals surface area contributed by atoms with Crippen LogP contribution in [0, 0.1) is 0 Å². The molecule has 52 heavy (non-hydrogen) atoms. The quantitative estimate of drug-likeness (QED) is 0.171. The number of anilines is 3. The van der Waals surface area contributed by atoms with Crippen LogP contribution in [-0.2, 0) is 38.3 Å². The molecule has 0 radical (unpaired) electrons. The van der Waals surface area contributed by atoms with Gasteiger partial charge >= 0.3 is 14.2 Å². The van der Waals surface area contributed by atoms with E-state index >= 15 is 0 Å². The number of hydrogen-bond donors (Lipinski definition) is 0. The Labute approximate surface area is 316 Å². The predicted molar refractivity (Wildman–Crippen MR) is 218 cm³/mol. The maximum absolute atomic E-state index is 6.61. The Morgan fingerprint density at radius 2 is 0.750 bits per heavy atom. The van der Waals surface area contributed by atoms with Gasteiger partial charge in [-0.3, -0.25) is 0 Å². The second kappa shape index (κ2) is 13.6. The van der Waals surface area contributed by atoms with Crippen molar-refractivity contribution >= 4 is 42.2 Å². The van der Waals surface area contributed by atoms with Gasteiger partial charge in [0.1, 0.15) is 19.6 Å². The summed E-state index contributed by atoms with van der Waals surface area (Å²) in [6, 6.07) is 22.6. The fraction of sp³-hybridized carbons (Fsp3) is 0.571. The van der Waals surface area contributed by atoms with Gasteiger partial charge in [-0.05, 0) is 103 Å². The molecule has 282 valence electrons. The SMILES string of the molecule is CC1(C)OB(c2ccc(N(c3ccc(C[N+](C)(C)C)cc3)c3ccc(B4OC(C)(C)C(C)(C)O4)c(C[N+](C)(C)C)c3)cc2C[N+](C)(C)C)OC1(C)C. The topological polar surface area (TPSA) is 40.2 Å². The lowest BCUT2D eigenvalue weighted by Gasteiger charge is -2.32. The summed E-state index contributed by atoms with van der Waals surface area (Å²) in [5.41, 5.74) is 7.44. The van der Waals surface area contributed by atoms with Crippen LogP contribution in [0.5, 0.6) is 0 Å². The van der Waals surface area contributed by atoms with Crippen molar-refractivity contribution in [1.29, 1.82) is 0 Å². The van der Waals surface area contributed by atoms with Gasteiger partial charge in [-0.2, -0.15) is 0 Å². The van der Waals surface area contributed by atoms with Gasteiger partial charge in [0, 0.05) is 33.8 Å². The maximum atomic E-state index is 6.61. The molecule has 5 rings (SSSR count). The molecule has 0 saturated carbocycles. The molecule has 2 aliphatic heterocycles. The Kier molecular flexibility index (Phi) is 10.6. The first-order valence-electron chi connectivity index (χ1n) is 18.8. The Hall–Kier alpha value is -2.69. The summed E-state index contributed by atoms with van der Waals surface area (Å²) in [6.45, 7) is 19.5. The average Bonchev–Trinajstić information content (AvgIpc) is 3.30. The van der Waals surface area contributed by atoms with E-state index in [4.69, 9.17) is 18.6 Å². The maximum Gasteiger partial charge on any atom is 0.495 e. The number of benzene rings is 3. The number of quaternary nitrogens is 3. The summed E-state index contributed by atoms with van der Waals surface area (Å²) < 4.78 is 28.9. The van der Waals surface area contributed by atoms with Crippen molar-refractivity contribution in [3.63, 3.8) is 0 Å². The summed E-state index contributed by atoms with van der Waals surface area (Å²) in [7, 11) is 19.2.